The standard InChI is InChI=1S/C16H12BrNO3/c1-2-18-13-7-6-11(9-14(13)21-16(18)20)15(19)10-4-3-5-12(17)8-10/h3-9H,2H2,1H3. The van der Waals surface area contributed by atoms with E-state index in [1.54, 1.807) is 30.3 Å². The van der Waals surface area contributed by atoms with Gasteiger partial charge in [-0.25, -0.2) is 4.79 Å². The lowest BCUT2D eigenvalue weighted by Gasteiger charge is -2.02. The Morgan fingerprint density at radius 1 is 1.19 bits per heavy atom. The third-order valence-electron chi connectivity index (χ3n) is 3.33. The largest absolute Gasteiger partial charge is 0.419 e. The van der Waals surface area contributed by atoms with Gasteiger partial charge in [0.1, 0.15) is 0 Å². The molecule has 0 aliphatic rings. The summed E-state index contributed by atoms with van der Waals surface area (Å²) in [6, 6.07) is 12.3. The second-order valence-electron chi connectivity index (χ2n) is 4.63. The highest BCUT2D eigenvalue weighted by molar-refractivity contribution is 9.10. The molecule has 0 aliphatic carbocycles. The van der Waals surface area contributed by atoms with Crippen LogP contribution >= 0.6 is 15.9 Å². The number of benzene rings is 2. The quantitative estimate of drug-likeness (QED) is 0.681. The molecule has 1 aromatic heterocycles. The van der Waals surface area contributed by atoms with Crippen LogP contribution in [0.3, 0.4) is 0 Å². The fraction of sp³-hybridized carbons (Fsp3) is 0.125. The molecule has 0 aliphatic heterocycles. The number of ketones is 1. The van der Waals surface area contributed by atoms with E-state index in [1.807, 2.05) is 19.1 Å². The van der Waals surface area contributed by atoms with Crippen LogP contribution in [-0.4, -0.2) is 10.4 Å². The molecule has 21 heavy (non-hydrogen) atoms. The van der Waals surface area contributed by atoms with Gasteiger partial charge in [0, 0.05) is 22.1 Å². The Kier molecular flexibility index (Phi) is 3.51. The molecule has 0 radical (unpaired) electrons. The molecular weight excluding hydrogens is 334 g/mol. The van der Waals surface area contributed by atoms with Gasteiger partial charge in [0.2, 0.25) is 0 Å². The molecule has 0 unspecified atom stereocenters. The second kappa shape index (κ2) is 5.33. The molecular formula is C16H12BrNO3. The predicted molar refractivity (Wildman–Crippen MR) is 83.7 cm³/mol. The van der Waals surface area contributed by atoms with Crippen LogP contribution in [0.4, 0.5) is 0 Å². The smallest absolute Gasteiger partial charge is 0.408 e. The van der Waals surface area contributed by atoms with Crippen molar-refractivity contribution < 1.29 is 9.21 Å². The fourth-order valence-corrected chi connectivity index (χ4v) is 2.70. The van der Waals surface area contributed by atoms with Crippen LogP contribution in [0.15, 0.2) is 56.1 Å². The summed E-state index contributed by atoms with van der Waals surface area (Å²) in [5, 5.41) is 0. The van der Waals surface area contributed by atoms with Crippen LogP contribution in [0.5, 0.6) is 0 Å². The average molecular weight is 346 g/mol. The van der Waals surface area contributed by atoms with Crippen molar-refractivity contribution in [1.29, 1.82) is 0 Å². The summed E-state index contributed by atoms with van der Waals surface area (Å²) in [6.07, 6.45) is 0. The highest BCUT2D eigenvalue weighted by Crippen LogP contribution is 2.19. The first-order valence-corrected chi connectivity index (χ1v) is 7.33. The van der Waals surface area contributed by atoms with Gasteiger partial charge in [-0.2, -0.15) is 0 Å². The number of hydrogen-bond acceptors (Lipinski definition) is 3. The summed E-state index contributed by atoms with van der Waals surface area (Å²) in [4.78, 5) is 24.1. The fourth-order valence-electron chi connectivity index (χ4n) is 2.30. The van der Waals surface area contributed by atoms with Gasteiger partial charge in [-0.15, -0.1) is 0 Å². The van der Waals surface area contributed by atoms with Crippen LogP contribution in [0.2, 0.25) is 0 Å². The lowest BCUT2D eigenvalue weighted by atomic mass is 10.0. The molecule has 106 valence electrons. The number of rotatable bonds is 3. The van der Waals surface area contributed by atoms with Crippen molar-refractivity contribution in [3.63, 3.8) is 0 Å². The minimum absolute atomic E-state index is 0.106. The van der Waals surface area contributed by atoms with Gasteiger partial charge in [0.25, 0.3) is 0 Å². The number of nitrogens with zero attached hydrogens (tertiary/aromatic N) is 1. The second-order valence-corrected chi connectivity index (χ2v) is 5.55. The van der Waals surface area contributed by atoms with E-state index in [9.17, 15) is 9.59 Å². The average Bonchev–Trinajstić information content (AvgIpc) is 2.80. The number of carbonyl (C=O) groups is 1. The van der Waals surface area contributed by atoms with Crippen LogP contribution < -0.4 is 5.76 Å². The summed E-state index contributed by atoms with van der Waals surface area (Å²) in [5.74, 6) is -0.510. The van der Waals surface area contributed by atoms with Crippen molar-refractivity contribution in [2.24, 2.45) is 0 Å². The van der Waals surface area contributed by atoms with Gasteiger partial charge in [-0.1, -0.05) is 28.1 Å². The third-order valence-corrected chi connectivity index (χ3v) is 3.83. The number of oxazole rings is 1. The van der Waals surface area contributed by atoms with Gasteiger partial charge in [-0.3, -0.25) is 9.36 Å². The first-order chi connectivity index (χ1) is 10.1. The molecule has 0 N–H and O–H groups in total. The Morgan fingerprint density at radius 3 is 2.67 bits per heavy atom. The lowest BCUT2D eigenvalue weighted by Crippen LogP contribution is -2.11. The first-order valence-electron chi connectivity index (χ1n) is 6.54. The molecule has 0 bridgehead atoms. The van der Waals surface area contributed by atoms with E-state index < -0.39 is 5.76 Å². The zero-order chi connectivity index (χ0) is 15.0. The van der Waals surface area contributed by atoms with Crippen LogP contribution in [0.25, 0.3) is 11.1 Å². The maximum absolute atomic E-state index is 12.5. The predicted octanol–water partition coefficient (Wildman–Crippen LogP) is 3.61. The highest BCUT2D eigenvalue weighted by Gasteiger charge is 2.13. The molecule has 0 amide bonds. The molecule has 2 aromatic carbocycles. The molecule has 4 nitrogen and oxygen atoms in total. The number of carbonyl (C=O) groups excluding carboxylic acids is 1. The van der Waals surface area contributed by atoms with E-state index in [0.717, 1.165) is 4.47 Å². The van der Waals surface area contributed by atoms with E-state index in [4.69, 9.17) is 4.42 Å². The third kappa shape index (κ3) is 2.45. The van der Waals surface area contributed by atoms with E-state index in [2.05, 4.69) is 15.9 Å². The summed E-state index contributed by atoms with van der Waals surface area (Å²) >= 11 is 3.35. The minimum Gasteiger partial charge on any atom is -0.408 e. The van der Waals surface area contributed by atoms with E-state index in [-0.39, 0.29) is 5.78 Å². The normalized spacial score (nSPS) is 11.0. The monoisotopic (exact) mass is 345 g/mol. The molecule has 3 aromatic rings. The van der Waals surface area contributed by atoms with Crippen molar-refractivity contribution in [2.75, 3.05) is 0 Å². The first kappa shape index (κ1) is 13.8. The maximum Gasteiger partial charge on any atom is 0.419 e. The highest BCUT2D eigenvalue weighted by atomic mass is 79.9. The van der Waals surface area contributed by atoms with Crippen LogP contribution in [0.1, 0.15) is 22.8 Å². The Hall–Kier alpha value is -2.14. The van der Waals surface area contributed by atoms with Gasteiger partial charge in [0.05, 0.1) is 5.52 Å². The lowest BCUT2D eigenvalue weighted by molar-refractivity contribution is 0.103. The molecule has 0 spiro atoms. The van der Waals surface area contributed by atoms with E-state index in [0.29, 0.717) is 28.8 Å². The van der Waals surface area contributed by atoms with Gasteiger partial charge in [0.15, 0.2) is 11.4 Å². The number of hydrogen-bond donors (Lipinski definition) is 0. The SMILES string of the molecule is CCn1c(=O)oc2cc(C(=O)c3cccc(Br)c3)ccc21. The Bertz CT molecular complexity index is 892. The van der Waals surface area contributed by atoms with Gasteiger partial charge < -0.3 is 4.42 Å². The number of aromatic nitrogens is 1. The Labute approximate surface area is 129 Å². The topological polar surface area (TPSA) is 52.2 Å². The number of aryl methyl sites for hydroxylation is 1. The molecule has 1 heterocycles. The Balaban J connectivity index is 2.09. The zero-order valence-corrected chi connectivity index (χ0v) is 12.9. The maximum atomic E-state index is 12.5. The van der Waals surface area contributed by atoms with E-state index in [1.165, 1.54) is 4.57 Å². The summed E-state index contributed by atoms with van der Waals surface area (Å²) in [6.45, 7) is 2.40. The molecule has 0 saturated heterocycles. The molecule has 5 heteroatoms. The minimum atomic E-state index is -0.403. The van der Waals surface area contributed by atoms with Crippen LogP contribution in [-0.2, 0) is 6.54 Å². The molecule has 0 atom stereocenters. The molecule has 3 rings (SSSR count). The summed E-state index contributed by atoms with van der Waals surface area (Å²) in [7, 11) is 0. The zero-order valence-electron chi connectivity index (χ0n) is 11.3. The van der Waals surface area contributed by atoms with Crippen molar-refractivity contribution in [1.82, 2.24) is 4.57 Å². The van der Waals surface area contributed by atoms with E-state index >= 15 is 0 Å². The number of halogens is 1. The van der Waals surface area contributed by atoms with Gasteiger partial charge in [-0.05, 0) is 37.3 Å². The summed E-state index contributed by atoms with van der Waals surface area (Å²) in [5.41, 5.74) is 2.22. The summed E-state index contributed by atoms with van der Waals surface area (Å²) < 4.78 is 7.56. The van der Waals surface area contributed by atoms with Crippen LogP contribution in [0, 0.1) is 0 Å². The number of fused-ring (bicyclic) bond motifs is 1. The van der Waals surface area contributed by atoms with Crippen molar-refractivity contribution >= 4 is 32.8 Å². The van der Waals surface area contributed by atoms with Gasteiger partial charge >= 0.3 is 5.76 Å². The molecule has 0 saturated carbocycles. The van der Waals surface area contributed by atoms with Crippen molar-refractivity contribution in [3.05, 3.63) is 68.6 Å². The van der Waals surface area contributed by atoms with Crippen molar-refractivity contribution in [2.45, 2.75) is 13.5 Å². The molecule has 0 fully saturated rings. The van der Waals surface area contributed by atoms with Crippen molar-refractivity contribution in [3.8, 4) is 0 Å². The Morgan fingerprint density at radius 2 is 1.95 bits per heavy atom.